The molecule has 0 aromatic heterocycles. The van der Waals surface area contributed by atoms with Crippen molar-refractivity contribution in [3.63, 3.8) is 0 Å². The van der Waals surface area contributed by atoms with Crippen LogP contribution in [0.4, 0.5) is 8.78 Å². The summed E-state index contributed by atoms with van der Waals surface area (Å²) in [6.07, 6.45) is -5.38. The number of allylic oxidation sites excluding steroid dienone is 4. The quantitative estimate of drug-likeness (QED) is 0.150. The normalized spacial score (nSPS) is 49.5. The Morgan fingerprint density at radius 1 is 0.968 bits per heavy atom. The third kappa shape index (κ3) is 7.96. The van der Waals surface area contributed by atoms with Crippen LogP contribution in [0, 0.1) is 40.4 Å². The number of hydrogen-bond donors (Lipinski definition) is 7. The van der Waals surface area contributed by atoms with Crippen LogP contribution in [-0.4, -0.2) is 144 Å². The molecule has 2 heterocycles. The molecule has 4 aliphatic carbocycles. The molecule has 0 bridgehead atoms. The number of nitrogens with zero attached hydrogens (tertiary/aromatic N) is 1. The van der Waals surface area contributed by atoms with Gasteiger partial charge in [-0.15, -0.1) is 0 Å². The number of carbonyl (C=O) groups is 3. The zero-order valence-corrected chi connectivity index (χ0v) is 39.0. The molecule has 358 valence electrons. The van der Waals surface area contributed by atoms with Crippen molar-refractivity contribution in [3.05, 3.63) is 23.6 Å². The van der Waals surface area contributed by atoms with E-state index in [1.165, 1.54) is 39.8 Å². The Labute approximate surface area is 370 Å². The number of ether oxygens (including phenoxy) is 3. The van der Waals surface area contributed by atoms with Gasteiger partial charge in [0, 0.05) is 61.2 Å². The highest BCUT2D eigenvalue weighted by atomic mass is 19.1. The first kappa shape index (κ1) is 50.0. The van der Waals surface area contributed by atoms with Crippen LogP contribution in [0.2, 0.25) is 0 Å². The average Bonchev–Trinajstić information content (AvgIpc) is 3.61. The summed E-state index contributed by atoms with van der Waals surface area (Å²) in [6, 6.07) is -0.758. The molecule has 2 aliphatic heterocycles. The molecule has 2 unspecified atom stereocenters. The minimum absolute atomic E-state index is 0.0508. The average molecular weight is 897 g/mol. The molecular formula is C47H74F2N2O12. The van der Waals surface area contributed by atoms with Crippen LogP contribution < -0.4 is 5.32 Å². The maximum atomic E-state index is 17.9. The molecule has 2 saturated carbocycles. The summed E-state index contributed by atoms with van der Waals surface area (Å²) in [4.78, 5) is 42.4. The first-order valence-corrected chi connectivity index (χ1v) is 23.0. The van der Waals surface area contributed by atoms with Gasteiger partial charge in [-0.3, -0.25) is 19.3 Å². The molecule has 2 saturated heterocycles. The predicted molar refractivity (Wildman–Crippen MR) is 227 cm³/mol. The highest BCUT2D eigenvalue weighted by Gasteiger charge is 2.80. The summed E-state index contributed by atoms with van der Waals surface area (Å²) in [5.74, 6) is -7.55. The van der Waals surface area contributed by atoms with Crippen LogP contribution in [0.5, 0.6) is 0 Å². The number of fused-ring (bicyclic) bond motifs is 7. The molecule has 18 atom stereocenters. The van der Waals surface area contributed by atoms with E-state index in [1.54, 1.807) is 41.5 Å². The second-order valence-electron chi connectivity index (χ2n) is 21.6. The van der Waals surface area contributed by atoms with Gasteiger partial charge in [0.15, 0.2) is 22.8 Å². The van der Waals surface area contributed by atoms with E-state index in [1.807, 2.05) is 11.8 Å². The summed E-state index contributed by atoms with van der Waals surface area (Å²) in [5, 5.41) is 72.5. The lowest BCUT2D eigenvalue weighted by molar-refractivity contribution is -0.244. The number of nitrogens with one attached hydrogen (secondary N) is 1. The third-order valence-corrected chi connectivity index (χ3v) is 16.7. The number of alkyl halides is 1. The van der Waals surface area contributed by atoms with Gasteiger partial charge in [-0.25, -0.2) is 8.78 Å². The number of carbonyl (C=O) groups excluding carboxylic acids is 3. The van der Waals surface area contributed by atoms with Crippen LogP contribution in [0.3, 0.4) is 0 Å². The summed E-state index contributed by atoms with van der Waals surface area (Å²) < 4.78 is 52.8. The Morgan fingerprint density at radius 2 is 1.62 bits per heavy atom. The number of aliphatic hydroxyl groups excluding tert-OH is 4. The molecule has 0 aromatic carbocycles. The minimum atomic E-state index is -2.34. The lowest BCUT2D eigenvalue weighted by atomic mass is 9.45. The van der Waals surface area contributed by atoms with E-state index in [0.29, 0.717) is 6.42 Å². The van der Waals surface area contributed by atoms with Crippen molar-refractivity contribution in [1.82, 2.24) is 10.2 Å². The van der Waals surface area contributed by atoms with Crippen LogP contribution in [0.25, 0.3) is 0 Å². The molecule has 7 N–H and O–H groups in total. The van der Waals surface area contributed by atoms with Crippen molar-refractivity contribution in [3.8, 4) is 0 Å². The summed E-state index contributed by atoms with van der Waals surface area (Å²) in [6.45, 7) is 18.5. The van der Waals surface area contributed by atoms with Crippen molar-refractivity contribution in [1.29, 1.82) is 0 Å². The van der Waals surface area contributed by atoms with Crippen molar-refractivity contribution < 1.29 is 68.0 Å². The number of hydrogen-bond acceptors (Lipinski definition) is 13. The fourth-order valence-corrected chi connectivity index (χ4v) is 13.1. The maximum Gasteiger partial charge on any atom is 0.311 e. The van der Waals surface area contributed by atoms with Gasteiger partial charge < -0.3 is 50.2 Å². The predicted octanol–water partition coefficient (Wildman–Crippen LogP) is 3.57. The number of aliphatic hydroxyl groups is 6. The highest BCUT2D eigenvalue weighted by Crippen LogP contribution is 2.72. The lowest BCUT2D eigenvalue weighted by Crippen LogP contribution is -2.70. The second kappa shape index (κ2) is 17.0. The molecule has 4 fully saturated rings. The zero-order valence-electron chi connectivity index (χ0n) is 39.0. The van der Waals surface area contributed by atoms with Crippen molar-refractivity contribution >= 4 is 17.7 Å². The Bertz CT molecular complexity index is 1840. The molecule has 6 rings (SSSR count). The SMILES string of the molecule is CC[C@H]1OC(=O)[C@H](C)[C@@H](O)[C@H](C)[C@@H](O)[C@](C)(O)C[C@@H](C)CN(CCCNC(=O)[C@@]23OC(C)(C)O[C@@H]2CC2C4CC(F)=C5CC(=O)C=C[C@]5(C)[C@@]4(F)[C@@H](O)C[C@@]23C)[C@H](C)[C@@H](O)[C@]1(C)O. The number of halogens is 2. The fraction of sp³-hybridized carbons (Fsp3) is 0.851. The largest absolute Gasteiger partial charge is 0.459 e. The summed E-state index contributed by atoms with van der Waals surface area (Å²) in [7, 11) is 0. The molecule has 14 nitrogen and oxygen atoms in total. The molecule has 1 amide bonds. The minimum Gasteiger partial charge on any atom is -0.459 e. The number of rotatable bonds is 6. The van der Waals surface area contributed by atoms with Crippen LogP contribution in [0.15, 0.2) is 23.6 Å². The van der Waals surface area contributed by atoms with Crippen LogP contribution >= 0.6 is 0 Å². The van der Waals surface area contributed by atoms with Crippen LogP contribution in [-0.2, 0) is 28.6 Å². The van der Waals surface area contributed by atoms with E-state index in [2.05, 4.69) is 5.32 Å². The number of ketones is 1. The topological polar surface area (TPSA) is 216 Å². The number of amides is 1. The molecular weight excluding hydrogens is 823 g/mol. The maximum absolute atomic E-state index is 17.9. The van der Waals surface area contributed by atoms with Gasteiger partial charge in [-0.2, -0.15) is 0 Å². The molecule has 16 heteroatoms. The van der Waals surface area contributed by atoms with Gasteiger partial charge in [0.2, 0.25) is 0 Å². The molecule has 0 aromatic rings. The number of esters is 1. The molecule has 0 radical (unpaired) electrons. The number of cyclic esters (lactones) is 1. The standard InChI is InChI=1S/C47H74F2N2O12/c1-12-34-45(11,60)38(56)27(5)51(23-24(2)21-44(10,59)37(55)25(3)36(54)26(4)39(57)61-34)17-13-16-50-40(58)47-35(62-41(6,7)63-47)20-29-30-19-32(48)31-18-28(52)14-15-42(31,8)46(30,49)33(53)22-43(29,47)9/h14-15,24-27,29-30,33-38,53-56,59-60H,12-13,16-23H2,1-11H3,(H,50,58)/t24-,25+,26-,27-,29?,30?,33+,34-,35-,36+,37-,38-,42+,43+,44-,45-,46+,47+/m1/s1. The highest BCUT2D eigenvalue weighted by molar-refractivity contribution is 5.94. The van der Waals surface area contributed by atoms with E-state index >= 15 is 8.78 Å². The van der Waals surface area contributed by atoms with Gasteiger partial charge >= 0.3 is 5.97 Å². The zero-order chi connectivity index (χ0) is 47.2. The molecule has 63 heavy (non-hydrogen) atoms. The van der Waals surface area contributed by atoms with Gasteiger partial charge in [0.25, 0.3) is 5.91 Å². The Kier molecular flexibility index (Phi) is 13.5. The monoisotopic (exact) mass is 897 g/mol. The first-order chi connectivity index (χ1) is 29.0. The third-order valence-electron chi connectivity index (χ3n) is 16.7. The molecule has 0 spiro atoms. The Balaban J connectivity index is 1.24. The van der Waals surface area contributed by atoms with Gasteiger partial charge in [-0.1, -0.05) is 33.8 Å². The van der Waals surface area contributed by atoms with E-state index in [-0.39, 0.29) is 75.4 Å². The Hall–Kier alpha value is -2.41. The van der Waals surface area contributed by atoms with Crippen molar-refractivity contribution in [2.24, 2.45) is 40.4 Å². The smallest absolute Gasteiger partial charge is 0.311 e. The summed E-state index contributed by atoms with van der Waals surface area (Å²) >= 11 is 0. The van der Waals surface area contributed by atoms with Crippen molar-refractivity contribution in [2.45, 2.75) is 192 Å². The van der Waals surface area contributed by atoms with Gasteiger partial charge in [-0.05, 0) is 104 Å². The summed E-state index contributed by atoms with van der Waals surface area (Å²) in [5.41, 5.74) is -10.4. The van der Waals surface area contributed by atoms with E-state index < -0.39 is 123 Å². The van der Waals surface area contributed by atoms with E-state index in [4.69, 9.17) is 14.2 Å². The fourth-order valence-electron chi connectivity index (χ4n) is 13.1. The van der Waals surface area contributed by atoms with E-state index in [9.17, 15) is 45.0 Å². The van der Waals surface area contributed by atoms with Gasteiger partial charge in [0.1, 0.15) is 23.6 Å². The second-order valence-corrected chi connectivity index (χ2v) is 21.6. The Morgan fingerprint density at radius 3 is 2.25 bits per heavy atom. The van der Waals surface area contributed by atoms with Crippen LogP contribution in [0.1, 0.15) is 121 Å². The van der Waals surface area contributed by atoms with E-state index in [0.717, 1.165) is 0 Å². The lowest BCUT2D eigenvalue weighted by Gasteiger charge is -2.62. The van der Waals surface area contributed by atoms with Crippen molar-refractivity contribution in [2.75, 3.05) is 19.6 Å². The molecule has 6 aliphatic rings. The van der Waals surface area contributed by atoms with Gasteiger partial charge in [0.05, 0.1) is 35.9 Å². The first-order valence-electron chi connectivity index (χ1n) is 23.0.